The van der Waals surface area contributed by atoms with Gasteiger partial charge in [-0.1, -0.05) is 12.1 Å². The van der Waals surface area contributed by atoms with Crippen molar-refractivity contribution in [1.29, 1.82) is 0 Å². The van der Waals surface area contributed by atoms with Crippen LogP contribution in [0.3, 0.4) is 0 Å². The third-order valence-electron chi connectivity index (χ3n) is 3.54. The maximum absolute atomic E-state index is 5.75. The first-order valence-electron chi connectivity index (χ1n) is 6.62. The zero-order valence-electron chi connectivity index (χ0n) is 11.1. The summed E-state index contributed by atoms with van der Waals surface area (Å²) in [7, 11) is 2.04. The van der Waals surface area contributed by atoms with Crippen LogP contribution < -0.4 is 10.1 Å². The molecule has 2 heteroatoms. The molecule has 2 atom stereocenters. The lowest BCUT2D eigenvalue weighted by atomic mass is 9.70. The molecule has 1 fully saturated rings. The van der Waals surface area contributed by atoms with E-state index in [0.717, 1.165) is 24.1 Å². The summed E-state index contributed by atoms with van der Waals surface area (Å²) in [6.07, 6.45) is 2.91. The summed E-state index contributed by atoms with van der Waals surface area (Å²) in [5.41, 5.74) is 1.44. The smallest absolute Gasteiger partial charge is 0.119 e. The van der Waals surface area contributed by atoms with Crippen LogP contribution in [0, 0.1) is 5.92 Å². The van der Waals surface area contributed by atoms with Crippen molar-refractivity contribution < 1.29 is 4.74 Å². The van der Waals surface area contributed by atoms with Crippen LogP contribution in [0.2, 0.25) is 0 Å². The molecule has 17 heavy (non-hydrogen) atoms. The Morgan fingerprint density at radius 1 is 1.35 bits per heavy atom. The van der Waals surface area contributed by atoms with E-state index in [1.54, 1.807) is 0 Å². The van der Waals surface area contributed by atoms with Gasteiger partial charge in [0, 0.05) is 0 Å². The van der Waals surface area contributed by atoms with Crippen molar-refractivity contribution in [2.24, 2.45) is 5.92 Å². The lowest BCUT2D eigenvalue weighted by Crippen LogP contribution is -2.32. The highest BCUT2D eigenvalue weighted by Crippen LogP contribution is 2.42. The Bertz CT molecular complexity index is 362. The molecule has 2 rings (SSSR count). The summed E-state index contributed by atoms with van der Waals surface area (Å²) >= 11 is 0. The SMILES string of the molecule is CNCC1CCC1c1cccc(OC(C)C)c1. The van der Waals surface area contributed by atoms with Crippen molar-refractivity contribution in [2.75, 3.05) is 13.6 Å². The molecule has 1 aromatic carbocycles. The van der Waals surface area contributed by atoms with E-state index in [2.05, 4.69) is 43.4 Å². The zero-order valence-corrected chi connectivity index (χ0v) is 11.1. The van der Waals surface area contributed by atoms with Gasteiger partial charge in [-0.3, -0.25) is 0 Å². The minimum absolute atomic E-state index is 0.250. The topological polar surface area (TPSA) is 21.3 Å². The van der Waals surface area contributed by atoms with E-state index in [-0.39, 0.29) is 6.10 Å². The molecule has 1 aromatic rings. The van der Waals surface area contributed by atoms with Gasteiger partial charge in [0.05, 0.1) is 6.10 Å². The molecule has 0 heterocycles. The lowest BCUT2D eigenvalue weighted by molar-refractivity contribution is 0.236. The van der Waals surface area contributed by atoms with Gasteiger partial charge in [-0.25, -0.2) is 0 Å². The lowest BCUT2D eigenvalue weighted by Gasteiger charge is -2.37. The van der Waals surface area contributed by atoms with Crippen molar-refractivity contribution >= 4 is 0 Å². The second-order valence-corrected chi connectivity index (χ2v) is 5.24. The summed E-state index contributed by atoms with van der Waals surface area (Å²) < 4.78 is 5.75. The van der Waals surface area contributed by atoms with Gasteiger partial charge in [0.1, 0.15) is 5.75 Å². The van der Waals surface area contributed by atoms with Crippen LogP contribution in [0.1, 0.15) is 38.2 Å². The Morgan fingerprint density at radius 2 is 2.18 bits per heavy atom. The minimum atomic E-state index is 0.250. The van der Waals surface area contributed by atoms with E-state index in [1.807, 2.05) is 7.05 Å². The van der Waals surface area contributed by atoms with Crippen LogP contribution in [0.15, 0.2) is 24.3 Å². The third-order valence-corrected chi connectivity index (χ3v) is 3.54. The van der Waals surface area contributed by atoms with Crippen molar-refractivity contribution in [3.8, 4) is 5.75 Å². The fourth-order valence-corrected chi connectivity index (χ4v) is 2.61. The van der Waals surface area contributed by atoms with Crippen molar-refractivity contribution in [2.45, 2.75) is 38.7 Å². The van der Waals surface area contributed by atoms with Gasteiger partial charge in [-0.05, 0) is 69.8 Å². The van der Waals surface area contributed by atoms with Crippen LogP contribution in [0.4, 0.5) is 0 Å². The Morgan fingerprint density at radius 3 is 2.76 bits per heavy atom. The molecule has 0 aliphatic heterocycles. The molecule has 1 aliphatic carbocycles. The van der Waals surface area contributed by atoms with Crippen LogP contribution in [-0.2, 0) is 0 Å². The highest BCUT2D eigenvalue weighted by atomic mass is 16.5. The molecule has 0 bridgehead atoms. The van der Waals surface area contributed by atoms with Crippen LogP contribution in [0.5, 0.6) is 5.75 Å². The molecule has 0 amide bonds. The largest absolute Gasteiger partial charge is 0.491 e. The van der Waals surface area contributed by atoms with Crippen molar-refractivity contribution in [3.63, 3.8) is 0 Å². The Labute approximate surface area is 104 Å². The van der Waals surface area contributed by atoms with Crippen LogP contribution in [-0.4, -0.2) is 19.7 Å². The molecule has 1 saturated carbocycles. The molecular formula is C15H23NO. The first-order chi connectivity index (χ1) is 8.20. The Hall–Kier alpha value is -1.02. The molecule has 0 radical (unpaired) electrons. The maximum atomic E-state index is 5.75. The molecule has 2 nitrogen and oxygen atoms in total. The number of benzene rings is 1. The number of rotatable bonds is 5. The van der Waals surface area contributed by atoms with Gasteiger partial charge < -0.3 is 10.1 Å². The van der Waals surface area contributed by atoms with Crippen molar-refractivity contribution in [1.82, 2.24) is 5.32 Å². The zero-order chi connectivity index (χ0) is 12.3. The van der Waals surface area contributed by atoms with Crippen LogP contribution in [0.25, 0.3) is 0 Å². The van der Waals surface area contributed by atoms with Crippen LogP contribution >= 0.6 is 0 Å². The number of ether oxygens (including phenoxy) is 1. The summed E-state index contributed by atoms with van der Waals surface area (Å²) in [6.45, 7) is 5.26. The summed E-state index contributed by atoms with van der Waals surface area (Å²) in [6, 6.07) is 8.61. The molecular weight excluding hydrogens is 210 g/mol. The molecule has 0 aromatic heterocycles. The predicted molar refractivity (Wildman–Crippen MR) is 71.6 cm³/mol. The van der Waals surface area contributed by atoms with Gasteiger partial charge in [-0.15, -0.1) is 0 Å². The molecule has 1 N–H and O–H groups in total. The fourth-order valence-electron chi connectivity index (χ4n) is 2.61. The average Bonchev–Trinajstić information content (AvgIpc) is 2.24. The Kier molecular flexibility index (Phi) is 4.06. The number of hydrogen-bond donors (Lipinski definition) is 1. The molecule has 94 valence electrons. The van der Waals surface area contributed by atoms with Gasteiger partial charge in [0.25, 0.3) is 0 Å². The summed E-state index contributed by atoms with van der Waals surface area (Å²) in [5.74, 6) is 2.53. The highest BCUT2D eigenvalue weighted by molar-refractivity contribution is 5.32. The standard InChI is InChI=1S/C15H23NO/c1-11(2)17-14-6-4-5-12(9-14)15-8-7-13(15)10-16-3/h4-6,9,11,13,15-16H,7-8,10H2,1-3H3. The fraction of sp³-hybridized carbons (Fsp3) is 0.600. The normalized spacial score (nSPS) is 23.5. The molecule has 0 saturated heterocycles. The quantitative estimate of drug-likeness (QED) is 0.843. The minimum Gasteiger partial charge on any atom is -0.491 e. The average molecular weight is 233 g/mol. The summed E-state index contributed by atoms with van der Waals surface area (Å²) in [4.78, 5) is 0. The predicted octanol–water partition coefficient (Wildman–Crippen LogP) is 3.19. The number of nitrogens with one attached hydrogen (secondary N) is 1. The first kappa shape index (κ1) is 12.4. The van der Waals surface area contributed by atoms with E-state index in [4.69, 9.17) is 4.74 Å². The maximum Gasteiger partial charge on any atom is 0.119 e. The Balaban J connectivity index is 2.05. The van der Waals surface area contributed by atoms with E-state index in [0.29, 0.717) is 0 Å². The number of hydrogen-bond acceptors (Lipinski definition) is 2. The van der Waals surface area contributed by atoms with E-state index in [9.17, 15) is 0 Å². The van der Waals surface area contributed by atoms with Gasteiger partial charge in [0.15, 0.2) is 0 Å². The highest BCUT2D eigenvalue weighted by Gasteiger charge is 2.31. The monoisotopic (exact) mass is 233 g/mol. The molecule has 2 unspecified atom stereocenters. The third kappa shape index (κ3) is 3.01. The molecule has 1 aliphatic rings. The van der Waals surface area contributed by atoms with Crippen molar-refractivity contribution in [3.05, 3.63) is 29.8 Å². The van der Waals surface area contributed by atoms with E-state index in [1.165, 1.54) is 18.4 Å². The van der Waals surface area contributed by atoms with Gasteiger partial charge in [-0.2, -0.15) is 0 Å². The second kappa shape index (κ2) is 5.54. The van der Waals surface area contributed by atoms with Gasteiger partial charge in [0.2, 0.25) is 0 Å². The second-order valence-electron chi connectivity index (χ2n) is 5.24. The molecule has 0 spiro atoms. The first-order valence-corrected chi connectivity index (χ1v) is 6.62. The van der Waals surface area contributed by atoms with Gasteiger partial charge >= 0.3 is 0 Å². The van der Waals surface area contributed by atoms with E-state index >= 15 is 0 Å². The van der Waals surface area contributed by atoms with E-state index < -0.39 is 0 Å². The summed E-state index contributed by atoms with van der Waals surface area (Å²) in [5, 5.41) is 3.28.